The smallest absolute Gasteiger partial charge is 0.223 e. The van der Waals surface area contributed by atoms with Crippen LogP contribution in [0.2, 0.25) is 0 Å². The monoisotopic (exact) mass is 258 g/mol. The fourth-order valence-corrected chi connectivity index (χ4v) is 2.62. The third-order valence-electron chi connectivity index (χ3n) is 3.70. The fraction of sp³-hybridized carbons (Fsp3) is 0.438. The van der Waals surface area contributed by atoms with Gasteiger partial charge in [0.05, 0.1) is 6.10 Å². The zero-order valence-corrected chi connectivity index (χ0v) is 10.9. The fourth-order valence-electron chi connectivity index (χ4n) is 2.62. The minimum atomic E-state index is -0.0678. The first-order valence-electron chi connectivity index (χ1n) is 6.96. The molecule has 1 fully saturated rings. The van der Waals surface area contributed by atoms with Gasteiger partial charge in [0.2, 0.25) is 5.78 Å². The van der Waals surface area contributed by atoms with Crippen molar-refractivity contribution in [2.24, 2.45) is 0 Å². The highest BCUT2D eigenvalue weighted by Crippen LogP contribution is 2.22. The number of benzene rings is 1. The van der Waals surface area contributed by atoms with Crippen LogP contribution in [0.15, 0.2) is 34.7 Å². The predicted molar refractivity (Wildman–Crippen MR) is 73.4 cm³/mol. The van der Waals surface area contributed by atoms with Gasteiger partial charge in [0.15, 0.2) is 5.76 Å². The molecule has 0 saturated heterocycles. The van der Waals surface area contributed by atoms with Gasteiger partial charge in [-0.3, -0.25) is 4.79 Å². The Morgan fingerprint density at radius 3 is 2.79 bits per heavy atom. The Morgan fingerprint density at radius 1 is 1.21 bits per heavy atom. The Kier molecular flexibility index (Phi) is 3.65. The SMILES string of the molecule is O=C(COC1CCCCC1)c1cc2ccccc2o1. The summed E-state index contributed by atoms with van der Waals surface area (Å²) in [7, 11) is 0. The second-order valence-electron chi connectivity index (χ2n) is 5.14. The van der Waals surface area contributed by atoms with Gasteiger partial charge in [-0.2, -0.15) is 0 Å². The van der Waals surface area contributed by atoms with Crippen molar-refractivity contribution in [3.8, 4) is 0 Å². The van der Waals surface area contributed by atoms with E-state index < -0.39 is 0 Å². The molecule has 0 radical (unpaired) electrons. The number of ether oxygens (including phenoxy) is 1. The van der Waals surface area contributed by atoms with E-state index in [-0.39, 0.29) is 18.5 Å². The average Bonchev–Trinajstić information content (AvgIpc) is 2.90. The molecule has 100 valence electrons. The molecule has 0 spiro atoms. The molecule has 0 amide bonds. The zero-order valence-electron chi connectivity index (χ0n) is 10.9. The summed E-state index contributed by atoms with van der Waals surface area (Å²) in [4.78, 5) is 12.0. The third kappa shape index (κ3) is 2.87. The first-order chi connectivity index (χ1) is 9.33. The first kappa shape index (κ1) is 12.4. The van der Waals surface area contributed by atoms with Crippen molar-refractivity contribution in [1.29, 1.82) is 0 Å². The van der Waals surface area contributed by atoms with Crippen LogP contribution in [0.4, 0.5) is 0 Å². The normalized spacial score (nSPS) is 16.8. The molecule has 2 aromatic rings. The maximum atomic E-state index is 12.0. The van der Waals surface area contributed by atoms with Crippen molar-refractivity contribution in [3.05, 3.63) is 36.1 Å². The molecule has 3 heteroatoms. The first-order valence-corrected chi connectivity index (χ1v) is 6.96. The molecular formula is C16H18O3. The van der Waals surface area contributed by atoms with Crippen LogP contribution in [0.5, 0.6) is 0 Å². The van der Waals surface area contributed by atoms with Crippen LogP contribution in [0.25, 0.3) is 11.0 Å². The molecule has 1 aromatic heterocycles. The van der Waals surface area contributed by atoms with Crippen molar-refractivity contribution in [1.82, 2.24) is 0 Å². The van der Waals surface area contributed by atoms with Crippen molar-refractivity contribution < 1.29 is 13.9 Å². The van der Waals surface area contributed by atoms with Crippen LogP contribution in [-0.4, -0.2) is 18.5 Å². The highest BCUT2D eigenvalue weighted by molar-refractivity contribution is 5.98. The molecule has 19 heavy (non-hydrogen) atoms. The molecular weight excluding hydrogens is 240 g/mol. The summed E-state index contributed by atoms with van der Waals surface area (Å²) >= 11 is 0. The lowest BCUT2D eigenvalue weighted by atomic mass is 9.98. The number of carbonyl (C=O) groups is 1. The predicted octanol–water partition coefficient (Wildman–Crippen LogP) is 3.96. The van der Waals surface area contributed by atoms with Gasteiger partial charge in [-0.05, 0) is 25.0 Å². The number of rotatable bonds is 4. The van der Waals surface area contributed by atoms with Crippen LogP contribution < -0.4 is 0 Å². The zero-order chi connectivity index (χ0) is 13.1. The number of fused-ring (bicyclic) bond motifs is 1. The summed E-state index contributed by atoms with van der Waals surface area (Å²) in [5.74, 6) is 0.332. The lowest BCUT2D eigenvalue weighted by Gasteiger charge is -2.21. The summed E-state index contributed by atoms with van der Waals surface area (Å²) in [6, 6.07) is 9.44. The quantitative estimate of drug-likeness (QED) is 0.779. The Hall–Kier alpha value is -1.61. The van der Waals surface area contributed by atoms with Gasteiger partial charge in [0, 0.05) is 5.39 Å². The maximum Gasteiger partial charge on any atom is 0.223 e. The topological polar surface area (TPSA) is 39.4 Å². The standard InChI is InChI=1S/C16H18O3/c17-14(11-18-13-7-2-1-3-8-13)16-10-12-6-4-5-9-15(12)19-16/h4-6,9-10,13H,1-3,7-8,11H2. The minimum Gasteiger partial charge on any atom is -0.453 e. The van der Waals surface area contributed by atoms with Gasteiger partial charge in [0.25, 0.3) is 0 Å². The number of para-hydroxylation sites is 1. The van der Waals surface area contributed by atoms with Gasteiger partial charge in [-0.1, -0.05) is 37.5 Å². The van der Waals surface area contributed by atoms with Crippen LogP contribution in [-0.2, 0) is 4.74 Å². The van der Waals surface area contributed by atoms with Crippen molar-refractivity contribution >= 4 is 16.8 Å². The highest BCUT2D eigenvalue weighted by Gasteiger charge is 2.17. The van der Waals surface area contributed by atoms with E-state index in [0.29, 0.717) is 5.76 Å². The molecule has 0 atom stereocenters. The Balaban J connectivity index is 1.63. The number of hydrogen-bond acceptors (Lipinski definition) is 3. The molecule has 0 N–H and O–H groups in total. The summed E-state index contributed by atoms with van der Waals surface area (Å²) in [5.41, 5.74) is 0.753. The second kappa shape index (κ2) is 5.57. The van der Waals surface area contributed by atoms with Crippen LogP contribution in [0.1, 0.15) is 42.7 Å². The van der Waals surface area contributed by atoms with Crippen molar-refractivity contribution in [2.75, 3.05) is 6.61 Å². The maximum absolute atomic E-state index is 12.0. The lowest BCUT2D eigenvalue weighted by molar-refractivity contribution is 0.0272. The molecule has 1 heterocycles. The lowest BCUT2D eigenvalue weighted by Crippen LogP contribution is -2.20. The molecule has 0 aliphatic heterocycles. The molecule has 1 saturated carbocycles. The van der Waals surface area contributed by atoms with E-state index in [1.807, 2.05) is 24.3 Å². The Morgan fingerprint density at radius 2 is 2.00 bits per heavy atom. The summed E-state index contributed by atoms with van der Waals surface area (Å²) in [6.07, 6.45) is 6.12. The number of carbonyl (C=O) groups excluding carboxylic acids is 1. The summed E-state index contributed by atoms with van der Waals surface area (Å²) in [6.45, 7) is 0.129. The van der Waals surface area contributed by atoms with E-state index >= 15 is 0 Å². The molecule has 1 aromatic carbocycles. The minimum absolute atomic E-state index is 0.0678. The highest BCUT2D eigenvalue weighted by atomic mass is 16.5. The Labute approximate surface area is 112 Å². The molecule has 1 aliphatic carbocycles. The molecule has 3 nitrogen and oxygen atoms in total. The van der Waals surface area contributed by atoms with Gasteiger partial charge in [-0.25, -0.2) is 0 Å². The number of furan rings is 1. The molecule has 1 aliphatic rings. The van der Waals surface area contributed by atoms with Gasteiger partial charge >= 0.3 is 0 Å². The number of hydrogen-bond donors (Lipinski definition) is 0. The molecule has 0 unspecified atom stereocenters. The van der Waals surface area contributed by atoms with Gasteiger partial charge in [0.1, 0.15) is 12.2 Å². The van der Waals surface area contributed by atoms with E-state index in [9.17, 15) is 4.79 Å². The van der Waals surface area contributed by atoms with Gasteiger partial charge in [-0.15, -0.1) is 0 Å². The third-order valence-corrected chi connectivity index (χ3v) is 3.70. The van der Waals surface area contributed by atoms with E-state index in [0.717, 1.165) is 23.8 Å². The van der Waals surface area contributed by atoms with E-state index in [2.05, 4.69) is 0 Å². The van der Waals surface area contributed by atoms with Crippen molar-refractivity contribution in [3.63, 3.8) is 0 Å². The van der Waals surface area contributed by atoms with E-state index in [1.165, 1.54) is 19.3 Å². The summed E-state index contributed by atoms with van der Waals surface area (Å²) < 4.78 is 11.2. The number of ketones is 1. The van der Waals surface area contributed by atoms with Gasteiger partial charge < -0.3 is 9.15 Å². The second-order valence-corrected chi connectivity index (χ2v) is 5.14. The Bertz CT molecular complexity index is 531. The largest absolute Gasteiger partial charge is 0.453 e. The van der Waals surface area contributed by atoms with E-state index in [1.54, 1.807) is 6.07 Å². The van der Waals surface area contributed by atoms with Crippen LogP contribution >= 0.6 is 0 Å². The van der Waals surface area contributed by atoms with Crippen LogP contribution in [0.3, 0.4) is 0 Å². The van der Waals surface area contributed by atoms with E-state index in [4.69, 9.17) is 9.15 Å². The average molecular weight is 258 g/mol. The van der Waals surface area contributed by atoms with Crippen molar-refractivity contribution in [2.45, 2.75) is 38.2 Å². The summed E-state index contributed by atoms with van der Waals surface area (Å²) in [5, 5.41) is 0.962. The number of Topliss-reactive ketones (excluding diaryl/α,β-unsaturated/α-hetero) is 1. The molecule has 3 rings (SSSR count). The van der Waals surface area contributed by atoms with Crippen LogP contribution in [0, 0.1) is 0 Å². The molecule has 0 bridgehead atoms.